The van der Waals surface area contributed by atoms with E-state index in [0.29, 0.717) is 18.1 Å². The number of rotatable bonds is 6. The highest BCUT2D eigenvalue weighted by Crippen LogP contribution is 2.28. The molecule has 1 aromatic heterocycles. The second-order valence-electron chi connectivity index (χ2n) is 8.13. The predicted octanol–water partition coefficient (Wildman–Crippen LogP) is 4.28. The zero-order valence-corrected chi connectivity index (χ0v) is 17.0. The van der Waals surface area contributed by atoms with Crippen LogP contribution in [0.5, 0.6) is 5.75 Å². The Bertz CT molecular complexity index is 1130. The van der Waals surface area contributed by atoms with Crippen LogP contribution in [-0.2, 0) is 6.54 Å². The molecular formula is C25H26N2O3. The average Bonchev–Trinajstić information content (AvgIpc) is 3.21. The number of fused-ring (bicyclic) bond motifs is 2. The van der Waals surface area contributed by atoms with E-state index in [1.165, 1.54) is 35.7 Å². The van der Waals surface area contributed by atoms with Gasteiger partial charge in [-0.3, -0.25) is 4.99 Å². The van der Waals surface area contributed by atoms with Crippen molar-refractivity contribution in [2.75, 3.05) is 26.2 Å². The zero-order chi connectivity index (χ0) is 20.3. The van der Waals surface area contributed by atoms with E-state index in [1.807, 2.05) is 12.1 Å². The third-order valence-corrected chi connectivity index (χ3v) is 6.17. The highest BCUT2D eigenvalue weighted by atomic mass is 16.5. The molecule has 154 valence electrons. The summed E-state index contributed by atoms with van der Waals surface area (Å²) in [6.45, 7) is 4.78. The lowest BCUT2D eigenvalue weighted by Gasteiger charge is -2.32. The molecule has 0 aliphatic carbocycles. The molecule has 0 saturated carbocycles. The molecule has 3 aromatic rings. The molecule has 0 spiro atoms. The van der Waals surface area contributed by atoms with Gasteiger partial charge in [0.25, 0.3) is 0 Å². The summed E-state index contributed by atoms with van der Waals surface area (Å²) in [5.41, 5.74) is 4.31. The molecule has 5 heteroatoms. The third-order valence-electron chi connectivity index (χ3n) is 6.17. The van der Waals surface area contributed by atoms with E-state index in [2.05, 4.69) is 29.2 Å². The Morgan fingerprint density at radius 3 is 2.80 bits per heavy atom. The quantitative estimate of drug-likeness (QED) is 0.456. The molecule has 0 N–H and O–H groups in total. The van der Waals surface area contributed by atoms with Crippen molar-refractivity contribution in [2.45, 2.75) is 25.8 Å². The first-order valence-electron chi connectivity index (χ1n) is 10.8. The minimum atomic E-state index is -0.338. The van der Waals surface area contributed by atoms with Crippen molar-refractivity contribution in [1.82, 2.24) is 4.90 Å². The molecule has 1 fully saturated rings. The fourth-order valence-corrected chi connectivity index (χ4v) is 4.55. The standard InChI is InChI=1S/C25H26N2O3/c28-24-9-7-18-6-8-21(16-23(18)30-24)29-15-3-12-27-13-10-19(11-14-27)25-22-5-2-1-4-20(22)17-26-25/h1-2,4-9,16,19H,3,10-15,17H2. The maximum absolute atomic E-state index is 11.4. The van der Waals surface area contributed by atoms with Gasteiger partial charge in [0.1, 0.15) is 11.3 Å². The predicted molar refractivity (Wildman–Crippen MR) is 118 cm³/mol. The van der Waals surface area contributed by atoms with E-state index in [-0.39, 0.29) is 5.63 Å². The van der Waals surface area contributed by atoms with Gasteiger partial charge in [-0.05, 0) is 56.1 Å². The number of hydrogen-bond acceptors (Lipinski definition) is 5. The van der Waals surface area contributed by atoms with Crippen molar-refractivity contribution in [3.8, 4) is 5.75 Å². The van der Waals surface area contributed by atoms with Crippen LogP contribution >= 0.6 is 0 Å². The van der Waals surface area contributed by atoms with Crippen molar-refractivity contribution >= 4 is 16.7 Å². The Kier molecular flexibility index (Phi) is 5.37. The molecule has 2 aliphatic heterocycles. The van der Waals surface area contributed by atoms with E-state index in [0.717, 1.165) is 43.7 Å². The lowest BCUT2D eigenvalue weighted by molar-refractivity contribution is 0.191. The van der Waals surface area contributed by atoms with Crippen LogP contribution < -0.4 is 10.4 Å². The normalized spacial score (nSPS) is 17.1. The van der Waals surface area contributed by atoms with Crippen molar-refractivity contribution in [3.05, 3.63) is 76.1 Å². The SMILES string of the molecule is O=c1ccc2ccc(OCCCN3CCC(C4=NCc5ccccc54)CC3)cc2o1. The van der Waals surface area contributed by atoms with Crippen LogP contribution in [0, 0.1) is 5.92 Å². The number of nitrogens with zero attached hydrogens (tertiary/aromatic N) is 2. The number of benzene rings is 2. The largest absolute Gasteiger partial charge is 0.493 e. The Morgan fingerprint density at radius 1 is 1.07 bits per heavy atom. The first-order chi connectivity index (χ1) is 14.8. The molecule has 30 heavy (non-hydrogen) atoms. The fourth-order valence-electron chi connectivity index (χ4n) is 4.55. The first kappa shape index (κ1) is 19.1. The number of ether oxygens (including phenoxy) is 1. The summed E-state index contributed by atoms with van der Waals surface area (Å²) in [4.78, 5) is 18.7. The number of hydrogen-bond donors (Lipinski definition) is 0. The Labute approximate surface area is 176 Å². The molecule has 0 amide bonds. The van der Waals surface area contributed by atoms with Gasteiger partial charge < -0.3 is 14.1 Å². The van der Waals surface area contributed by atoms with Crippen molar-refractivity contribution in [3.63, 3.8) is 0 Å². The minimum Gasteiger partial charge on any atom is -0.493 e. The number of aliphatic imine (C=N–C) groups is 1. The monoisotopic (exact) mass is 402 g/mol. The maximum atomic E-state index is 11.4. The fraction of sp³-hybridized carbons (Fsp3) is 0.360. The van der Waals surface area contributed by atoms with Gasteiger partial charge in [0.2, 0.25) is 0 Å². The van der Waals surface area contributed by atoms with E-state index in [4.69, 9.17) is 14.1 Å². The van der Waals surface area contributed by atoms with Gasteiger partial charge in [0.15, 0.2) is 0 Å². The highest BCUT2D eigenvalue weighted by Gasteiger charge is 2.27. The van der Waals surface area contributed by atoms with Gasteiger partial charge in [-0.15, -0.1) is 0 Å². The summed E-state index contributed by atoms with van der Waals surface area (Å²) < 4.78 is 11.1. The summed E-state index contributed by atoms with van der Waals surface area (Å²) >= 11 is 0. The highest BCUT2D eigenvalue weighted by molar-refractivity contribution is 6.05. The molecule has 5 rings (SSSR count). The summed E-state index contributed by atoms with van der Waals surface area (Å²) in [6.07, 6.45) is 3.33. The van der Waals surface area contributed by atoms with Crippen LogP contribution in [0.1, 0.15) is 30.4 Å². The summed E-state index contributed by atoms with van der Waals surface area (Å²) in [6, 6.07) is 17.5. The molecule has 0 unspecified atom stereocenters. The molecule has 0 bridgehead atoms. The Balaban J connectivity index is 1.08. The maximum Gasteiger partial charge on any atom is 0.336 e. The van der Waals surface area contributed by atoms with Gasteiger partial charge in [-0.1, -0.05) is 24.3 Å². The van der Waals surface area contributed by atoms with Crippen LogP contribution in [0.4, 0.5) is 0 Å². The van der Waals surface area contributed by atoms with Crippen molar-refractivity contribution < 1.29 is 9.15 Å². The lowest BCUT2D eigenvalue weighted by Crippen LogP contribution is -2.37. The molecule has 1 saturated heterocycles. The topological polar surface area (TPSA) is 55.0 Å². The average molecular weight is 402 g/mol. The number of likely N-dealkylation sites (tertiary alicyclic amines) is 1. The Hall–Kier alpha value is -2.92. The molecule has 2 aromatic carbocycles. The third kappa shape index (κ3) is 4.03. The van der Waals surface area contributed by atoms with E-state index < -0.39 is 0 Å². The zero-order valence-electron chi connectivity index (χ0n) is 17.0. The van der Waals surface area contributed by atoms with Gasteiger partial charge >= 0.3 is 5.63 Å². The van der Waals surface area contributed by atoms with Gasteiger partial charge in [-0.2, -0.15) is 0 Å². The van der Waals surface area contributed by atoms with Crippen LogP contribution in [-0.4, -0.2) is 36.9 Å². The number of piperidine rings is 1. The smallest absolute Gasteiger partial charge is 0.336 e. The van der Waals surface area contributed by atoms with Crippen LogP contribution in [0.15, 0.2) is 68.8 Å². The van der Waals surface area contributed by atoms with Crippen LogP contribution in [0.2, 0.25) is 0 Å². The second kappa shape index (κ2) is 8.44. The molecule has 0 atom stereocenters. The van der Waals surface area contributed by atoms with E-state index >= 15 is 0 Å². The second-order valence-corrected chi connectivity index (χ2v) is 8.13. The van der Waals surface area contributed by atoms with Crippen LogP contribution in [0.25, 0.3) is 11.0 Å². The van der Waals surface area contributed by atoms with Crippen LogP contribution in [0.3, 0.4) is 0 Å². The van der Waals surface area contributed by atoms with Gasteiger partial charge in [-0.25, -0.2) is 4.79 Å². The minimum absolute atomic E-state index is 0.338. The van der Waals surface area contributed by atoms with Crippen molar-refractivity contribution in [1.29, 1.82) is 0 Å². The molecular weight excluding hydrogens is 376 g/mol. The van der Waals surface area contributed by atoms with Gasteiger partial charge in [0, 0.05) is 41.3 Å². The lowest BCUT2D eigenvalue weighted by atomic mass is 9.87. The molecule has 3 heterocycles. The first-order valence-corrected chi connectivity index (χ1v) is 10.8. The Morgan fingerprint density at radius 2 is 1.90 bits per heavy atom. The van der Waals surface area contributed by atoms with Gasteiger partial charge in [0.05, 0.1) is 13.2 Å². The van der Waals surface area contributed by atoms with E-state index in [9.17, 15) is 4.79 Å². The summed E-state index contributed by atoms with van der Waals surface area (Å²) in [5.74, 6) is 1.34. The van der Waals surface area contributed by atoms with E-state index in [1.54, 1.807) is 12.1 Å². The molecule has 5 nitrogen and oxygen atoms in total. The molecule has 0 radical (unpaired) electrons. The van der Waals surface area contributed by atoms with Crippen molar-refractivity contribution in [2.24, 2.45) is 10.9 Å². The molecule has 2 aliphatic rings. The summed E-state index contributed by atoms with van der Waals surface area (Å²) in [7, 11) is 0. The summed E-state index contributed by atoms with van der Waals surface area (Å²) in [5, 5.41) is 0.902.